The van der Waals surface area contributed by atoms with Gasteiger partial charge in [-0.15, -0.1) is 0 Å². The first-order chi connectivity index (χ1) is 8.69. The second-order valence-electron chi connectivity index (χ2n) is 3.94. The average Bonchev–Trinajstić information content (AvgIpc) is 2.77. The molecule has 0 bridgehead atoms. The Morgan fingerprint density at radius 3 is 2.56 bits per heavy atom. The van der Waals surface area contributed by atoms with Gasteiger partial charge >= 0.3 is 0 Å². The van der Waals surface area contributed by atoms with Crippen molar-refractivity contribution in [3.05, 3.63) is 58.8 Å². The molecule has 0 saturated carbocycles. The zero-order valence-corrected chi connectivity index (χ0v) is 11.3. The molecule has 0 aliphatic heterocycles. The molecule has 2 rings (SSSR count). The van der Waals surface area contributed by atoms with Crippen molar-refractivity contribution >= 4 is 23.2 Å². The number of halogens is 2. The van der Waals surface area contributed by atoms with Crippen LogP contribution in [0.2, 0.25) is 10.0 Å². The van der Waals surface area contributed by atoms with Crippen LogP contribution in [0.25, 0.3) is 11.3 Å². The van der Waals surface area contributed by atoms with E-state index in [9.17, 15) is 0 Å². The molecule has 0 amide bonds. The molecule has 0 radical (unpaired) electrons. The van der Waals surface area contributed by atoms with Crippen LogP contribution in [-0.4, -0.2) is 6.54 Å². The number of furan rings is 1. The highest BCUT2D eigenvalue weighted by molar-refractivity contribution is 6.35. The second kappa shape index (κ2) is 6.10. The van der Waals surface area contributed by atoms with Gasteiger partial charge in [-0.2, -0.15) is 0 Å². The molecular formula is C14H14Cl2NO+. The zero-order chi connectivity index (χ0) is 13.0. The highest BCUT2D eigenvalue weighted by Crippen LogP contribution is 2.28. The zero-order valence-electron chi connectivity index (χ0n) is 9.83. The third-order valence-electron chi connectivity index (χ3n) is 2.49. The molecule has 2 aromatic rings. The van der Waals surface area contributed by atoms with Gasteiger partial charge in [-0.1, -0.05) is 29.8 Å². The Balaban J connectivity index is 2.15. The van der Waals surface area contributed by atoms with E-state index in [1.807, 2.05) is 30.3 Å². The van der Waals surface area contributed by atoms with Gasteiger partial charge in [-0.05, 0) is 36.4 Å². The van der Waals surface area contributed by atoms with E-state index in [-0.39, 0.29) is 0 Å². The number of rotatable bonds is 5. The summed E-state index contributed by atoms with van der Waals surface area (Å²) in [6, 6.07) is 9.27. The van der Waals surface area contributed by atoms with E-state index in [2.05, 4.69) is 11.9 Å². The minimum absolute atomic E-state index is 0.605. The van der Waals surface area contributed by atoms with Gasteiger partial charge in [0.1, 0.15) is 12.3 Å². The summed E-state index contributed by atoms with van der Waals surface area (Å²) < 4.78 is 5.74. The fourth-order valence-electron chi connectivity index (χ4n) is 1.68. The summed E-state index contributed by atoms with van der Waals surface area (Å²) >= 11 is 11.9. The molecule has 2 N–H and O–H groups in total. The molecule has 0 unspecified atom stereocenters. The third-order valence-corrected chi connectivity index (χ3v) is 2.92. The van der Waals surface area contributed by atoms with Crippen LogP contribution in [0, 0.1) is 0 Å². The van der Waals surface area contributed by atoms with Crippen molar-refractivity contribution in [2.24, 2.45) is 0 Å². The summed E-state index contributed by atoms with van der Waals surface area (Å²) in [6.07, 6.45) is 1.86. The molecular weight excluding hydrogens is 269 g/mol. The van der Waals surface area contributed by atoms with E-state index in [0.717, 1.165) is 30.2 Å². The van der Waals surface area contributed by atoms with Crippen molar-refractivity contribution < 1.29 is 9.73 Å². The highest BCUT2D eigenvalue weighted by Gasteiger charge is 2.07. The van der Waals surface area contributed by atoms with Crippen molar-refractivity contribution in [2.75, 3.05) is 6.54 Å². The molecule has 0 saturated heterocycles. The Morgan fingerprint density at radius 1 is 1.17 bits per heavy atom. The van der Waals surface area contributed by atoms with Crippen LogP contribution < -0.4 is 5.32 Å². The van der Waals surface area contributed by atoms with Gasteiger partial charge < -0.3 is 9.73 Å². The SMILES string of the molecule is C=CC[NH2+]Cc1ccc(-c2cc(Cl)cc(Cl)c2)o1. The topological polar surface area (TPSA) is 29.8 Å². The Morgan fingerprint density at radius 2 is 1.89 bits per heavy atom. The lowest BCUT2D eigenvalue weighted by molar-refractivity contribution is -0.663. The van der Waals surface area contributed by atoms with E-state index in [4.69, 9.17) is 27.6 Å². The predicted molar refractivity (Wildman–Crippen MR) is 74.9 cm³/mol. The van der Waals surface area contributed by atoms with Crippen molar-refractivity contribution in [1.29, 1.82) is 0 Å². The van der Waals surface area contributed by atoms with Crippen LogP contribution in [0.15, 0.2) is 47.4 Å². The molecule has 1 aromatic carbocycles. The minimum atomic E-state index is 0.605. The maximum absolute atomic E-state index is 5.97. The molecule has 0 aliphatic carbocycles. The Kier molecular flexibility index (Phi) is 4.48. The Labute approximate surface area is 116 Å². The first kappa shape index (κ1) is 13.2. The maximum Gasteiger partial charge on any atom is 0.158 e. The monoisotopic (exact) mass is 282 g/mol. The molecule has 1 heterocycles. The van der Waals surface area contributed by atoms with Gasteiger partial charge in [0.2, 0.25) is 0 Å². The van der Waals surface area contributed by atoms with E-state index in [1.54, 1.807) is 6.07 Å². The minimum Gasteiger partial charge on any atom is -0.455 e. The predicted octanol–water partition coefficient (Wildman–Crippen LogP) is 3.50. The van der Waals surface area contributed by atoms with Gasteiger partial charge in [0, 0.05) is 15.6 Å². The van der Waals surface area contributed by atoms with Gasteiger partial charge in [0.25, 0.3) is 0 Å². The number of quaternary nitrogens is 1. The summed E-state index contributed by atoms with van der Waals surface area (Å²) in [5, 5.41) is 3.32. The average molecular weight is 283 g/mol. The lowest BCUT2D eigenvalue weighted by Gasteiger charge is -2.00. The Hall–Kier alpha value is -1.22. The van der Waals surface area contributed by atoms with E-state index in [0.29, 0.717) is 10.0 Å². The second-order valence-corrected chi connectivity index (χ2v) is 4.81. The van der Waals surface area contributed by atoms with Crippen LogP contribution >= 0.6 is 23.2 Å². The van der Waals surface area contributed by atoms with Gasteiger partial charge in [0.05, 0.1) is 6.54 Å². The molecule has 1 aromatic heterocycles. The maximum atomic E-state index is 5.97. The molecule has 2 nitrogen and oxygen atoms in total. The third kappa shape index (κ3) is 3.39. The summed E-state index contributed by atoms with van der Waals surface area (Å²) in [5.74, 6) is 1.70. The van der Waals surface area contributed by atoms with Crippen LogP contribution in [0.5, 0.6) is 0 Å². The van der Waals surface area contributed by atoms with Gasteiger partial charge in [0.15, 0.2) is 5.76 Å². The van der Waals surface area contributed by atoms with E-state index in [1.165, 1.54) is 0 Å². The van der Waals surface area contributed by atoms with Crippen LogP contribution in [0.4, 0.5) is 0 Å². The normalized spacial score (nSPS) is 10.6. The standard InChI is InChI=1S/C14H13Cl2NO/c1-2-5-17-9-13-3-4-14(18-13)10-6-11(15)8-12(16)7-10/h2-4,6-8,17H,1,5,9H2/p+1. The molecule has 0 spiro atoms. The van der Waals surface area contributed by atoms with Gasteiger partial charge in [-0.25, -0.2) is 0 Å². The van der Waals surface area contributed by atoms with Crippen molar-refractivity contribution in [1.82, 2.24) is 0 Å². The van der Waals surface area contributed by atoms with Crippen LogP contribution in [0.1, 0.15) is 5.76 Å². The molecule has 0 atom stereocenters. The number of nitrogens with two attached hydrogens (primary N) is 1. The quantitative estimate of drug-likeness (QED) is 0.660. The fourth-order valence-corrected chi connectivity index (χ4v) is 2.21. The molecule has 18 heavy (non-hydrogen) atoms. The molecule has 0 aliphatic rings. The summed E-state index contributed by atoms with van der Waals surface area (Å²) in [4.78, 5) is 0. The van der Waals surface area contributed by atoms with Crippen molar-refractivity contribution in [3.8, 4) is 11.3 Å². The fraction of sp³-hybridized carbons (Fsp3) is 0.143. The summed E-state index contributed by atoms with van der Waals surface area (Å²) in [5.41, 5.74) is 0.891. The van der Waals surface area contributed by atoms with Gasteiger partial charge in [-0.3, -0.25) is 0 Å². The number of benzene rings is 1. The summed E-state index contributed by atoms with van der Waals surface area (Å²) in [7, 11) is 0. The van der Waals surface area contributed by atoms with Crippen LogP contribution in [-0.2, 0) is 6.54 Å². The van der Waals surface area contributed by atoms with Crippen molar-refractivity contribution in [3.63, 3.8) is 0 Å². The van der Waals surface area contributed by atoms with E-state index >= 15 is 0 Å². The lowest BCUT2D eigenvalue weighted by atomic mass is 10.2. The Bertz CT molecular complexity index is 528. The molecule has 94 valence electrons. The van der Waals surface area contributed by atoms with E-state index < -0.39 is 0 Å². The van der Waals surface area contributed by atoms with Crippen LogP contribution in [0.3, 0.4) is 0 Å². The number of hydrogen-bond donors (Lipinski definition) is 1. The number of hydrogen-bond acceptors (Lipinski definition) is 1. The first-order valence-corrected chi connectivity index (χ1v) is 6.42. The molecule has 0 fully saturated rings. The first-order valence-electron chi connectivity index (χ1n) is 5.67. The molecule has 4 heteroatoms. The lowest BCUT2D eigenvalue weighted by Crippen LogP contribution is -2.82. The summed E-state index contributed by atoms with van der Waals surface area (Å²) in [6.45, 7) is 5.34. The smallest absolute Gasteiger partial charge is 0.158 e. The highest BCUT2D eigenvalue weighted by atomic mass is 35.5. The largest absolute Gasteiger partial charge is 0.455 e. The van der Waals surface area contributed by atoms with Crippen molar-refractivity contribution in [2.45, 2.75) is 6.54 Å².